The van der Waals surface area contributed by atoms with Gasteiger partial charge in [-0.3, -0.25) is 4.79 Å². The number of aromatic nitrogens is 1. The zero-order valence-corrected chi connectivity index (χ0v) is 19.3. The fourth-order valence-corrected chi connectivity index (χ4v) is 4.39. The molecule has 1 amide bonds. The summed E-state index contributed by atoms with van der Waals surface area (Å²) >= 11 is 0. The molecule has 0 saturated carbocycles. The summed E-state index contributed by atoms with van der Waals surface area (Å²) in [6.45, 7) is 1.45. The fourth-order valence-electron chi connectivity index (χ4n) is 4.39. The lowest BCUT2D eigenvalue weighted by molar-refractivity contribution is 0.0827. The maximum Gasteiger partial charge on any atom is 0.253 e. The van der Waals surface area contributed by atoms with Gasteiger partial charge < -0.3 is 24.2 Å². The van der Waals surface area contributed by atoms with Crippen LogP contribution in [0.5, 0.6) is 11.5 Å². The third kappa shape index (κ3) is 5.27. The van der Waals surface area contributed by atoms with Crippen molar-refractivity contribution in [2.75, 3.05) is 34.4 Å². The van der Waals surface area contributed by atoms with E-state index in [4.69, 9.17) is 14.0 Å². The van der Waals surface area contributed by atoms with E-state index in [2.05, 4.69) is 10.5 Å². The molecule has 1 saturated heterocycles. The molecule has 1 fully saturated rings. The van der Waals surface area contributed by atoms with Crippen molar-refractivity contribution in [1.82, 2.24) is 15.4 Å². The second kappa shape index (κ2) is 10.2. The predicted octanol–water partition coefficient (Wildman–Crippen LogP) is 4.37. The Morgan fingerprint density at radius 3 is 2.88 bits per heavy atom. The van der Waals surface area contributed by atoms with E-state index in [1.54, 1.807) is 45.5 Å². The summed E-state index contributed by atoms with van der Waals surface area (Å²) in [7, 11) is 5.00. The minimum Gasteiger partial charge on any atom is -0.493 e. The van der Waals surface area contributed by atoms with Gasteiger partial charge in [0.2, 0.25) is 0 Å². The lowest BCUT2D eigenvalue weighted by Crippen LogP contribution is -2.37. The molecule has 3 aromatic rings. The van der Waals surface area contributed by atoms with Gasteiger partial charge in [0.05, 0.1) is 19.4 Å². The summed E-state index contributed by atoms with van der Waals surface area (Å²) in [4.78, 5) is 13.7. The van der Waals surface area contributed by atoms with Gasteiger partial charge in [0, 0.05) is 43.1 Å². The van der Waals surface area contributed by atoms with Gasteiger partial charge in [-0.05, 0) is 62.6 Å². The fraction of sp³-hybridized carbons (Fsp3) is 0.440. The normalized spacial score (nSPS) is 18.3. The number of carbonyl (C=O) groups excluding carboxylic acids is 1. The average Bonchev–Trinajstić information content (AvgIpc) is 3.24. The van der Waals surface area contributed by atoms with Crippen LogP contribution >= 0.6 is 0 Å². The molecule has 7 nitrogen and oxygen atoms in total. The first-order chi connectivity index (χ1) is 16.0. The molecular weight excluding hydrogens is 425 g/mol. The summed E-state index contributed by atoms with van der Waals surface area (Å²) in [5, 5.41) is 8.72. The molecule has 2 atom stereocenters. The number of hydrogen-bond acceptors (Lipinski definition) is 6. The molecule has 8 heteroatoms. The van der Waals surface area contributed by atoms with Gasteiger partial charge in [-0.25, -0.2) is 4.39 Å². The van der Waals surface area contributed by atoms with Crippen LogP contribution in [-0.2, 0) is 0 Å². The third-order valence-corrected chi connectivity index (χ3v) is 6.11. The van der Waals surface area contributed by atoms with Crippen LogP contribution in [-0.4, -0.2) is 56.4 Å². The smallest absolute Gasteiger partial charge is 0.253 e. The van der Waals surface area contributed by atoms with Crippen molar-refractivity contribution in [2.45, 2.75) is 37.6 Å². The van der Waals surface area contributed by atoms with Crippen LogP contribution in [0.15, 0.2) is 40.9 Å². The first-order valence-corrected chi connectivity index (χ1v) is 11.3. The molecule has 0 bridgehead atoms. The maximum absolute atomic E-state index is 13.4. The molecule has 2 heterocycles. The highest BCUT2D eigenvalue weighted by molar-refractivity contribution is 5.94. The van der Waals surface area contributed by atoms with E-state index in [-0.39, 0.29) is 17.6 Å². The number of fused-ring (bicyclic) bond motifs is 1. The Labute approximate surface area is 192 Å². The van der Waals surface area contributed by atoms with Crippen molar-refractivity contribution in [3.63, 3.8) is 0 Å². The van der Waals surface area contributed by atoms with E-state index in [9.17, 15) is 9.18 Å². The molecule has 176 valence electrons. The first kappa shape index (κ1) is 23.0. The summed E-state index contributed by atoms with van der Waals surface area (Å²) in [6.07, 6.45) is 3.75. The Kier molecular flexibility index (Phi) is 7.13. The molecule has 1 aromatic heterocycles. The Bertz CT molecular complexity index is 1110. The van der Waals surface area contributed by atoms with Gasteiger partial charge in [-0.15, -0.1) is 0 Å². The summed E-state index contributed by atoms with van der Waals surface area (Å²) < 4.78 is 30.2. The molecular formula is C25H30FN3O4. The number of piperidine rings is 1. The quantitative estimate of drug-likeness (QED) is 0.508. The summed E-state index contributed by atoms with van der Waals surface area (Å²) in [6, 6.07) is 10.2. The molecule has 1 aliphatic rings. The third-order valence-electron chi connectivity index (χ3n) is 6.11. The number of methoxy groups -OCH3 is 1. The van der Waals surface area contributed by atoms with Crippen LogP contribution in [0.1, 0.15) is 47.7 Å². The van der Waals surface area contributed by atoms with Crippen molar-refractivity contribution < 1.29 is 23.2 Å². The van der Waals surface area contributed by atoms with Crippen molar-refractivity contribution in [2.24, 2.45) is 0 Å². The van der Waals surface area contributed by atoms with E-state index in [1.807, 2.05) is 0 Å². The standard InChI is InChI=1S/C25H30FN3O4/c1-29(2)25(30)17-6-9-21(23(14-17)31-3)32-12-4-5-19-13-16(10-11-27-19)24-20-8-7-18(26)15-22(20)33-28-24/h6-9,14-16,19,27H,4-5,10-13H2,1-3H3. The van der Waals surface area contributed by atoms with E-state index in [0.29, 0.717) is 35.3 Å². The van der Waals surface area contributed by atoms with Crippen LogP contribution in [0.4, 0.5) is 4.39 Å². The summed E-state index contributed by atoms with van der Waals surface area (Å²) in [5.74, 6) is 1.06. The van der Waals surface area contributed by atoms with Gasteiger partial charge in [0.1, 0.15) is 5.82 Å². The molecule has 1 aliphatic heterocycles. The van der Waals surface area contributed by atoms with E-state index < -0.39 is 0 Å². The number of benzene rings is 2. The number of halogens is 1. The highest BCUT2D eigenvalue weighted by atomic mass is 19.1. The number of nitrogens with one attached hydrogen (secondary N) is 1. The topological polar surface area (TPSA) is 76.8 Å². The van der Waals surface area contributed by atoms with Gasteiger partial charge in [0.25, 0.3) is 5.91 Å². The Balaban J connectivity index is 1.30. The highest BCUT2D eigenvalue weighted by Crippen LogP contribution is 2.34. The number of nitrogens with zero attached hydrogens (tertiary/aromatic N) is 2. The van der Waals surface area contributed by atoms with E-state index in [1.165, 1.54) is 17.0 Å². The number of hydrogen-bond donors (Lipinski definition) is 1. The minimum absolute atomic E-state index is 0.0807. The summed E-state index contributed by atoms with van der Waals surface area (Å²) in [5.41, 5.74) is 1.98. The Hall–Kier alpha value is -3.13. The van der Waals surface area contributed by atoms with Gasteiger partial charge in [-0.1, -0.05) is 5.16 Å². The van der Waals surface area contributed by atoms with Gasteiger partial charge >= 0.3 is 0 Å². The minimum atomic E-state index is -0.316. The average molecular weight is 456 g/mol. The number of rotatable bonds is 8. The highest BCUT2D eigenvalue weighted by Gasteiger charge is 2.26. The molecule has 33 heavy (non-hydrogen) atoms. The maximum atomic E-state index is 13.4. The number of carbonyl (C=O) groups is 1. The van der Waals surface area contributed by atoms with Gasteiger partial charge in [-0.2, -0.15) is 0 Å². The zero-order chi connectivity index (χ0) is 23.4. The van der Waals surface area contributed by atoms with Crippen LogP contribution in [0.2, 0.25) is 0 Å². The molecule has 2 unspecified atom stereocenters. The Morgan fingerprint density at radius 2 is 2.09 bits per heavy atom. The van der Waals surface area contributed by atoms with Crippen LogP contribution in [0, 0.1) is 5.82 Å². The van der Waals surface area contributed by atoms with Crippen molar-refractivity contribution in [3.8, 4) is 11.5 Å². The molecule has 0 radical (unpaired) electrons. The molecule has 4 rings (SSSR count). The van der Waals surface area contributed by atoms with Crippen molar-refractivity contribution in [3.05, 3.63) is 53.5 Å². The van der Waals surface area contributed by atoms with E-state index in [0.717, 1.165) is 43.3 Å². The van der Waals surface area contributed by atoms with Crippen molar-refractivity contribution in [1.29, 1.82) is 0 Å². The van der Waals surface area contributed by atoms with Crippen LogP contribution < -0.4 is 14.8 Å². The largest absolute Gasteiger partial charge is 0.493 e. The van der Waals surface area contributed by atoms with E-state index >= 15 is 0 Å². The lowest BCUT2D eigenvalue weighted by atomic mass is 9.87. The van der Waals surface area contributed by atoms with Crippen LogP contribution in [0.3, 0.4) is 0 Å². The monoisotopic (exact) mass is 455 g/mol. The van der Waals surface area contributed by atoms with Gasteiger partial charge in [0.15, 0.2) is 17.1 Å². The number of ether oxygens (including phenoxy) is 2. The van der Waals surface area contributed by atoms with Crippen molar-refractivity contribution >= 4 is 16.9 Å². The second-order valence-electron chi connectivity index (χ2n) is 8.64. The Morgan fingerprint density at radius 1 is 1.24 bits per heavy atom. The molecule has 0 aliphatic carbocycles. The zero-order valence-electron chi connectivity index (χ0n) is 19.3. The first-order valence-electron chi connectivity index (χ1n) is 11.3. The predicted molar refractivity (Wildman–Crippen MR) is 123 cm³/mol. The second-order valence-corrected chi connectivity index (χ2v) is 8.64. The molecule has 0 spiro atoms. The molecule has 1 N–H and O–H groups in total. The van der Waals surface area contributed by atoms with Crippen LogP contribution in [0.25, 0.3) is 11.0 Å². The number of amides is 1. The lowest BCUT2D eigenvalue weighted by Gasteiger charge is -2.29. The molecule has 2 aromatic carbocycles. The SMILES string of the molecule is COc1cc(C(=O)N(C)C)ccc1OCCCC1CC(c2noc3cc(F)ccc23)CCN1.